The molecule has 2 heterocycles. The van der Waals surface area contributed by atoms with E-state index in [1.54, 1.807) is 13.8 Å². The molecule has 7 heteroatoms. The number of hydrogen-bond donors (Lipinski definition) is 2. The maximum absolute atomic E-state index is 11.9. The fraction of sp³-hybridized carbons (Fsp3) is 0.357. The number of rotatable bonds is 4. The van der Waals surface area contributed by atoms with Crippen LogP contribution in [0.15, 0.2) is 18.2 Å². The lowest BCUT2D eigenvalue weighted by molar-refractivity contribution is -0.145. The first-order chi connectivity index (χ1) is 9.79. The summed E-state index contributed by atoms with van der Waals surface area (Å²) in [5, 5.41) is 10.9. The zero-order valence-corrected chi connectivity index (χ0v) is 12.6. The minimum atomic E-state index is -0.996. The van der Waals surface area contributed by atoms with Gasteiger partial charge in [-0.15, -0.1) is 11.3 Å². The Labute approximate surface area is 126 Å². The van der Waals surface area contributed by atoms with Crippen LogP contribution in [0.4, 0.5) is 0 Å². The quantitative estimate of drug-likeness (QED) is 0.642. The van der Waals surface area contributed by atoms with Gasteiger partial charge in [-0.25, -0.2) is 4.79 Å². The standard InChI is InChI=1S/C14H16N2O4S/c1-14(2)13(20)15-11(17)8-16(14)7-10-4-3-9(21-10)5-6-12(18)19/h3-6H,7-8H2,1-2H3,(H,18,19)(H,15,17,20). The summed E-state index contributed by atoms with van der Waals surface area (Å²) < 4.78 is 0. The van der Waals surface area contributed by atoms with E-state index in [1.807, 2.05) is 17.0 Å². The molecule has 0 aliphatic carbocycles. The van der Waals surface area contributed by atoms with Gasteiger partial charge in [-0.3, -0.25) is 19.8 Å². The Morgan fingerprint density at radius 1 is 1.48 bits per heavy atom. The van der Waals surface area contributed by atoms with Crippen LogP contribution in [0, 0.1) is 0 Å². The van der Waals surface area contributed by atoms with E-state index in [9.17, 15) is 14.4 Å². The number of piperazine rings is 1. The van der Waals surface area contributed by atoms with Crippen LogP contribution in [-0.4, -0.2) is 39.9 Å². The van der Waals surface area contributed by atoms with Gasteiger partial charge in [-0.1, -0.05) is 0 Å². The molecule has 0 aromatic carbocycles. The SMILES string of the molecule is CC1(C)C(=O)NC(=O)CN1Cc1ccc(C=CC(=O)O)s1. The predicted molar refractivity (Wildman–Crippen MR) is 78.6 cm³/mol. The van der Waals surface area contributed by atoms with E-state index in [0.29, 0.717) is 6.54 Å². The molecule has 0 radical (unpaired) electrons. The normalized spacial score (nSPS) is 19.0. The van der Waals surface area contributed by atoms with E-state index in [0.717, 1.165) is 15.8 Å². The number of carbonyl (C=O) groups excluding carboxylic acids is 2. The van der Waals surface area contributed by atoms with Gasteiger partial charge >= 0.3 is 5.97 Å². The van der Waals surface area contributed by atoms with Gasteiger partial charge < -0.3 is 5.11 Å². The number of carboxylic acids is 1. The summed E-state index contributed by atoms with van der Waals surface area (Å²) in [5.41, 5.74) is -0.755. The molecule has 0 saturated carbocycles. The summed E-state index contributed by atoms with van der Waals surface area (Å²) in [6, 6.07) is 3.69. The number of thiophene rings is 1. The molecule has 0 bridgehead atoms. The molecule has 1 aromatic heterocycles. The third-order valence-electron chi connectivity index (χ3n) is 3.35. The second kappa shape index (κ2) is 5.79. The lowest BCUT2D eigenvalue weighted by Gasteiger charge is -2.39. The molecule has 6 nitrogen and oxygen atoms in total. The molecule has 1 aromatic rings. The second-order valence-electron chi connectivity index (χ2n) is 5.27. The van der Waals surface area contributed by atoms with E-state index in [-0.39, 0.29) is 18.4 Å². The highest BCUT2D eigenvalue weighted by Gasteiger charge is 2.40. The highest BCUT2D eigenvalue weighted by atomic mass is 32.1. The summed E-state index contributed by atoms with van der Waals surface area (Å²) in [6.45, 7) is 4.18. The molecule has 2 amide bonds. The topological polar surface area (TPSA) is 86.7 Å². The van der Waals surface area contributed by atoms with Crippen molar-refractivity contribution in [2.24, 2.45) is 0 Å². The monoisotopic (exact) mass is 308 g/mol. The maximum atomic E-state index is 11.9. The Kier molecular flexibility index (Phi) is 4.24. The van der Waals surface area contributed by atoms with Crippen molar-refractivity contribution in [1.29, 1.82) is 0 Å². The summed E-state index contributed by atoms with van der Waals surface area (Å²) >= 11 is 1.44. The molecule has 0 unspecified atom stereocenters. The van der Waals surface area contributed by atoms with Gasteiger partial charge in [-0.2, -0.15) is 0 Å². The van der Waals surface area contributed by atoms with E-state index >= 15 is 0 Å². The van der Waals surface area contributed by atoms with Gasteiger partial charge in [0.15, 0.2) is 0 Å². The molecule has 21 heavy (non-hydrogen) atoms. The molecular formula is C14H16N2O4S. The number of nitrogens with one attached hydrogen (secondary N) is 1. The average molecular weight is 308 g/mol. The van der Waals surface area contributed by atoms with Crippen LogP contribution in [0.2, 0.25) is 0 Å². The molecule has 0 spiro atoms. The van der Waals surface area contributed by atoms with Gasteiger partial charge in [0, 0.05) is 22.4 Å². The first kappa shape index (κ1) is 15.4. The number of nitrogens with zero attached hydrogens (tertiary/aromatic N) is 1. The van der Waals surface area contributed by atoms with E-state index in [1.165, 1.54) is 17.4 Å². The zero-order chi connectivity index (χ0) is 15.6. The van der Waals surface area contributed by atoms with Crippen LogP contribution in [0.1, 0.15) is 23.6 Å². The molecule has 1 saturated heterocycles. The van der Waals surface area contributed by atoms with Crippen LogP contribution < -0.4 is 5.32 Å². The number of imide groups is 1. The number of hydrogen-bond acceptors (Lipinski definition) is 5. The minimum absolute atomic E-state index is 0.164. The molecular weight excluding hydrogens is 292 g/mol. The Hall–Kier alpha value is -1.99. The van der Waals surface area contributed by atoms with Crippen LogP contribution in [0.5, 0.6) is 0 Å². The number of carbonyl (C=O) groups is 3. The van der Waals surface area contributed by atoms with Crippen molar-refractivity contribution in [3.63, 3.8) is 0 Å². The van der Waals surface area contributed by atoms with Gasteiger partial charge in [-0.05, 0) is 32.1 Å². The van der Waals surface area contributed by atoms with Crippen molar-refractivity contribution in [3.8, 4) is 0 Å². The molecule has 0 atom stereocenters. The smallest absolute Gasteiger partial charge is 0.328 e. The lowest BCUT2D eigenvalue weighted by Crippen LogP contribution is -2.63. The highest BCUT2D eigenvalue weighted by Crippen LogP contribution is 2.25. The highest BCUT2D eigenvalue weighted by molar-refractivity contribution is 7.12. The van der Waals surface area contributed by atoms with Gasteiger partial charge in [0.2, 0.25) is 11.8 Å². The molecule has 2 rings (SSSR count). The van der Waals surface area contributed by atoms with Crippen LogP contribution >= 0.6 is 11.3 Å². The fourth-order valence-electron chi connectivity index (χ4n) is 2.00. The van der Waals surface area contributed by atoms with Crippen molar-refractivity contribution >= 4 is 35.2 Å². The van der Waals surface area contributed by atoms with Crippen molar-refractivity contribution in [2.45, 2.75) is 25.9 Å². The van der Waals surface area contributed by atoms with E-state index in [2.05, 4.69) is 5.32 Å². The second-order valence-corrected chi connectivity index (χ2v) is 6.47. The number of aliphatic carboxylic acids is 1. The summed E-state index contributed by atoms with van der Waals surface area (Å²) in [4.78, 5) is 37.4. The number of amides is 2. The third-order valence-corrected chi connectivity index (χ3v) is 4.39. The minimum Gasteiger partial charge on any atom is -0.478 e. The third kappa shape index (κ3) is 3.56. The van der Waals surface area contributed by atoms with Gasteiger partial charge in [0.05, 0.1) is 12.1 Å². The largest absolute Gasteiger partial charge is 0.478 e. The molecule has 1 fully saturated rings. The van der Waals surface area contributed by atoms with Crippen LogP contribution in [-0.2, 0) is 20.9 Å². The first-order valence-corrected chi connectivity index (χ1v) is 7.20. The first-order valence-electron chi connectivity index (χ1n) is 6.38. The lowest BCUT2D eigenvalue weighted by atomic mass is 9.98. The van der Waals surface area contributed by atoms with Gasteiger partial charge in [0.25, 0.3) is 0 Å². The van der Waals surface area contributed by atoms with Crippen molar-refractivity contribution in [2.75, 3.05) is 6.54 Å². The van der Waals surface area contributed by atoms with Crippen LogP contribution in [0.25, 0.3) is 6.08 Å². The number of carboxylic acid groups (broad SMARTS) is 1. The summed E-state index contributed by atoms with van der Waals surface area (Å²) in [5.74, 6) is -1.60. The zero-order valence-electron chi connectivity index (χ0n) is 11.8. The molecule has 1 aliphatic rings. The summed E-state index contributed by atoms with van der Waals surface area (Å²) in [7, 11) is 0. The van der Waals surface area contributed by atoms with Crippen molar-refractivity contribution in [3.05, 3.63) is 28.0 Å². The van der Waals surface area contributed by atoms with Crippen molar-refractivity contribution in [1.82, 2.24) is 10.2 Å². The van der Waals surface area contributed by atoms with Crippen LogP contribution in [0.3, 0.4) is 0 Å². The maximum Gasteiger partial charge on any atom is 0.328 e. The molecule has 112 valence electrons. The predicted octanol–water partition coefficient (Wildman–Crippen LogP) is 1.08. The average Bonchev–Trinajstić information content (AvgIpc) is 2.81. The Morgan fingerprint density at radius 3 is 2.86 bits per heavy atom. The molecule has 1 aliphatic heterocycles. The Balaban J connectivity index is 2.12. The summed E-state index contributed by atoms with van der Waals surface area (Å²) in [6.07, 6.45) is 2.60. The van der Waals surface area contributed by atoms with E-state index < -0.39 is 11.5 Å². The fourth-order valence-corrected chi connectivity index (χ4v) is 2.93. The molecule has 2 N–H and O–H groups in total. The van der Waals surface area contributed by atoms with Crippen molar-refractivity contribution < 1.29 is 19.5 Å². The van der Waals surface area contributed by atoms with E-state index in [4.69, 9.17) is 5.11 Å². The Bertz CT molecular complexity index is 618. The van der Waals surface area contributed by atoms with Gasteiger partial charge in [0.1, 0.15) is 0 Å². The Morgan fingerprint density at radius 2 is 2.19 bits per heavy atom.